The van der Waals surface area contributed by atoms with Gasteiger partial charge in [-0.05, 0) is 129 Å². The molecule has 52 heavy (non-hydrogen) atoms. The minimum Gasteiger partial charge on any atom is -0.0622 e. The van der Waals surface area contributed by atoms with Crippen LogP contribution < -0.4 is 0 Å². The Kier molecular flexibility index (Phi) is 5.69. The first-order valence-corrected chi connectivity index (χ1v) is 17.4. The van der Waals surface area contributed by atoms with Crippen molar-refractivity contribution in [2.75, 3.05) is 0 Å². The van der Waals surface area contributed by atoms with Crippen LogP contribution in [0, 0.1) is 0 Å². The number of benzene rings is 10. The van der Waals surface area contributed by atoms with Gasteiger partial charge < -0.3 is 0 Å². The number of fused-ring (bicyclic) bond motifs is 4. The van der Waals surface area contributed by atoms with Gasteiger partial charge in [0.15, 0.2) is 0 Å². The van der Waals surface area contributed by atoms with E-state index in [2.05, 4.69) is 6.07 Å². The molecule has 0 saturated heterocycles. The monoisotopic (exact) mass is 665 g/mol. The second-order valence-electron chi connectivity index (χ2n) is 13.1. The molecule has 0 bridgehead atoms. The Morgan fingerprint density at radius 1 is 0.288 bits per heavy atom. The van der Waals surface area contributed by atoms with Crippen LogP contribution in [0.4, 0.5) is 0 Å². The average molecular weight is 666 g/mol. The van der Waals surface area contributed by atoms with Crippen LogP contribution in [-0.2, 0) is 0 Å². The molecule has 0 heterocycles. The van der Waals surface area contributed by atoms with Crippen molar-refractivity contribution in [3.63, 3.8) is 0 Å². The Bertz CT molecular complexity index is 3280. The number of hydrogen-bond acceptors (Lipinski definition) is 0. The zero-order valence-electron chi connectivity index (χ0n) is 35.1. The van der Waals surface area contributed by atoms with Gasteiger partial charge in [0, 0.05) is 0 Å². The summed E-state index contributed by atoms with van der Waals surface area (Å²) in [6, 6.07) is 51.9. The van der Waals surface area contributed by atoms with Gasteiger partial charge in [0.1, 0.15) is 0 Å². The van der Waals surface area contributed by atoms with E-state index in [-0.39, 0.29) is 58.0 Å². The summed E-state index contributed by atoms with van der Waals surface area (Å²) in [6.07, 6.45) is 0. The second-order valence-corrected chi connectivity index (χ2v) is 13.1. The third-order valence-electron chi connectivity index (χ3n) is 10.0. The zero-order valence-corrected chi connectivity index (χ0v) is 28.1. The lowest BCUT2D eigenvalue weighted by atomic mass is 9.82. The lowest BCUT2D eigenvalue weighted by molar-refractivity contribution is 1.58. The molecule has 0 amide bonds. The molecule has 0 aliphatic rings. The maximum Gasteiger partial charge on any atom is 0.0636 e. The molecule has 0 atom stereocenters. The highest BCUT2D eigenvalue weighted by molar-refractivity contribution is 6.24. The molecule has 0 N–H and O–H groups in total. The topological polar surface area (TPSA) is 0 Å². The van der Waals surface area contributed by atoms with Crippen LogP contribution in [0.2, 0.25) is 0 Å². The number of hydrogen-bond donors (Lipinski definition) is 0. The van der Waals surface area contributed by atoms with Crippen molar-refractivity contribution in [3.05, 3.63) is 206 Å². The highest BCUT2D eigenvalue weighted by atomic mass is 14.2. The van der Waals surface area contributed by atoms with E-state index in [0.29, 0.717) is 33.2 Å². The molecule has 0 aromatic heterocycles. The summed E-state index contributed by atoms with van der Waals surface area (Å²) in [4.78, 5) is 0. The predicted octanol–water partition coefficient (Wildman–Crippen LogP) is 14.6. The minimum atomic E-state index is -0.397. The molecule has 10 aromatic rings. The molecule has 0 radical (unpaired) electrons. The van der Waals surface area contributed by atoms with E-state index < -0.39 is 6.04 Å². The first-order valence-electron chi connectivity index (χ1n) is 20.9. The number of rotatable bonds is 5. The van der Waals surface area contributed by atoms with Gasteiger partial charge in [0.25, 0.3) is 0 Å². The fraction of sp³-hybridized carbons (Fsp3) is 0. The molecule has 0 aliphatic carbocycles. The fourth-order valence-corrected chi connectivity index (χ4v) is 7.58. The van der Waals surface area contributed by atoms with Gasteiger partial charge in [-0.2, -0.15) is 0 Å². The Hall–Kier alpha value is -6.76. The van der Waals surface area contributed by atoms with Crippen LogP contribution >= 0.6 is 0 Å². The van der Waals surface area contributed by atoms with Crippen molar-refractivity contribution in [2.45, 2.75) is 0 Å². The third kappa shape index (κ3) is 5.16. The van der Waals surface area contributed by atoms with E-state index in [1.54, 1.807) is 0 Å². The molecule has 0 fully saturated rings. The molecule has 0 nitrogen and oxygen atoms in total. The molecule has 0 spiro atoms. The van der Waals surface area contributed by atoms with Crippen LogP contribution in [0.3, 0.4) is 0 Å². The van der Waals surface area contributed by atoms with Crippen LogP contribution in [0.5, 0.6) is 0 Å². The normalized spacial score (nSPS) is 13.3. The first kappa shape index (κ1) is 23.6. The van der Waals surface area contributed by atoms with Gasteiger partial charge in [-0.1, -0.05) is 176 Å². The van der Waals surface area contributed by atoms with Crippen molar-refractivity contribution >= 4 is 43.1 Å². The molecular weight excluding hydrogens is 625 g/mol. The fourth-order valence-electron chi connectivity index (χ4n) is 7.58. The van der Waals surface area contributed by atoms with Crippen LogP contribution in [0.1, 0.15) is 9.60 Å². The van der Waals surface area contributed by atoms with Gasteiger partial charge >= 0.3 is 0 Å². The Labute approximate surface area is 313 Å². The summed E-state index contributed by atoms with van der Waals surface area (Å²) in [7, 11) is 0. The van der Waals surface area contributed by atoms with Crippen LogP contribution in [-0.4, -0.2) is 0 Å². The van der Waals surface area contributed by atoms with Crippen molar-refractivity contribution in [3.8, 4) is 55.6 Å². The lowest BCUT2D eigenvalue weighted by Crippen LogP contribution is -1.93. The minimum absolute atomic E-state index is 0.0114. The average Bonchev–Trinajstić information content (AvgIpc) is 3.28. The van der Waals surface area contributed by atoms with Crippen molar-refractivity contribution < 1.29 is 9.60 Å². The largest absolute Gasteiger partial charge is 0.0636 e. The molecule has 10 rings (SSSR count). The van der Waals surface area contributed by atoms with E-state index >= 15 is 0 Å². The zero-order chi connectivity index (χ0) is 40.5. The summed E-state index contributed by atoms with van der Waals surface area (Å²) in [5.41, 5.74) is 6.65. The van der Waals surface area contributed by atoms with E-state index in [9.17, 15) is 6.85 Å². The second kappa shape index (κ2) is 12.5. The summed E-state index contributed by atoms with van der Waals surface area (Å²) in [6.45, 7) is 0. The quantitative estimate of drug-likeness (QED) is 0.161. The molecule has 10 aromatic carbocycles. The maximum atomic E-state index is 10.2. The Morgan fingerprint density at radius 2 is 0.865 bits per heavy atom. The molecule has 0 unspecified atom stereocenters. The van der Waals surface area contributed by atoms with Gasteiger partial charge in [-0.25, -0.2) is 0 Å². The highest BCUT2D eigenvalue weighted by Crippen LogP contribution is 2.47. The summed E-state index contributed by atoms with van der Waals surface area (Å²) < 4.78 is 67.3. The standard InChI is InChI=1S/C52H34/c1-3-14-35(15-4-1)42-31-43(36-16-5-2-6-17-36)33-44(32-42)51-47-23-11-12-24-48(47)52(46-25-13-21-38-19-9-10-22-45(38)46)50-34-41(28-29-49(50)51)40-27-26-37-18-7-8-20-39(37)30-40/h1-34H/i11D,12D,23D,24D,28D,29D,34D. The van der Waals surface area contributed by atoms with E-state index in [1.807, 2.05) is 158 Å². The summed E-state index contributed by atoms with van der Waals surface area (Å²) in [5.74, 6) is 0. The van der Waals surface area contributed by atoms with Gasteiger partial charge in [-0.3, -0.25) is 0 Å². The lowest BCUT2D eigenvalue weighted by Gasteiger charge is -2.21. The molecule has 242 valence electrons. The van der Waals surface area contributed by atoms with Gasteiger partial charge in [-0.15, -0.1) is 0 Å². The smallest absolute Gasteiger partial charge is 0.0622 e. The van der Waals surface area contributed by atoms with Crippen molar-refractivity contribution in [1.82, 2.24) is 0 Å². The predicted molar refractivity (Wildman–Crippen MR) is 224 cm³/mol. The summed E-state index contributed by atoms with van der Waals surface area (Å²) >= 11 is 0. The third-order valence-corrected chi connectivity index (χ3v) is 10.0. The summed E-state index contributed by atoms with van der Waals surface area (Å²) in [5, 5.41) is 4.84. The van der Waals surface area contributed by atoms with Crippen LogP contribution in [0.25, 0.3) is 98.7 Å². The van der Waals surface area contributed by atoms with Gasteiger partial charge in [0.2, 0.25) is 0 Å². The molecule has 0 heteroatoms. The maximum absolute atomic E-state index is 10.2. The van der Waals surface area contributed by atoms with E-state index in [0.717, 1.165) is 43.8 Å². The molecule has 0 saturated carbocycles. The molecular formula is C52H34. The van der Waals surface area contributed by atoms with E-state index in [1.165, 1.54) is 0 Å². The Balaban J connectivity index is 1.47. The van der Waals surface area contributed by atoms with Gasteiger partial charge in [0.05, 0.1) is 9.60 Å². The molecule has 0 aliphatic heterocycles. The SMILES string of the molecule is [2H]c1c([2H])c([2H])c2c(-c3cccc4ccccc34)c3c([2H])c(-c4ccc5ccccc5c4)c([2H])c([2H])c3c(-c3cc(-c4ccccc4)cc(-c4ccccc4)c3)c2c1[2H]. The van der Waals surface area contributed by atoms with Crippen molar-refractivity contribution in [1.29, 1.82) is 0 Å². The van der Waals surface area contributed by atoms with Crippen molar-refractivity contribution in [2.24, 2.45) is 0 Å². The Morgan fingerprint density at radius 3 is 1.60 bits per heavy atom. The first-order chi connectivity index (χ1) is 28.7. The highest BCUT2D eigenvalue weighted by Gasteiger charge is 2.20. The van der Waals surface area contributed by atoms with E-state index in [4.69, 9.17) is 2.74 Å². The van der Waals surface area contributed by atoms with Crippen LogP contribution in [0.15, 0.2) is 206 Å².